The SMILES string of the molecule is O=C(c1ccc(Cl)cc1Cl)N1CC(Oc2ncccc2C(F)(F)F)C1. The standard InChI is InChI=1S/C16H11Cl2F3N2O2/c17-9-3-4-11(13(18)6-9)15(24)23-7-10(8-23)25-14-12(16(19,20)21)2-1-5-22-14/h1-6,10H,7-8H2. The molecule has 0 spiro atoms. The molecule has 4 nitrogen and oxygen atoms in total. The number of rotatable bonds is 3. The van der Waals surface area contributed by atoms with Crippen molar-refractivity contribution in [2.75, 3.05) is 13.1 Å². The third-order valence-corrected chi connectivity index (χ3v) is 4.20. The minimum absolute atomic E-state index is 0.145. The van der Waals surface area contributed by atoms with E-state index in [4.69, 9.17) is 27.9 Å². The van der Waals surface area contributed by atoms with Crippen LogP contribution in [0.25, 0.3) is 0 Å². The van der Waals surface area contributed by atoms with Gasteiger partial charge < -0.3 is 9.64 Å². The fourth-order valence-corrected chi connectivity index (χ4v) is 2.86. The summed E-state index contributed by atoms with van der Waals surface area (Å²) in [6.45, 7) is 0.289. The second-order valence-corrected chi connectivity index (χ2v) is 6.27. The smallest absolute Gasteiger partial charge is 0.421 e. The first-order chi connectivity index (χ1) is 11.8. The van der Waals surface area contributed by atoms with Gasteiger partial charge in [0.2, 0.25) is 5.88 Å². The van der Waals surface area contributed by atoms with Gasteiger partial charge in [-0.2, -0.15) is 13.2 Å². The molecule has 0 bridgehead atoms. The van der Waals surface area contributed by atoms with Crippen molar-refractivity contribution in [3.05, 3.63) is 57.7 Å². The van der Waals surface area contributed by atoms with Crippen molar-refractivity contribution in [2.45, 2.75) is 12.3 Å². The summed E-state index contributed by atoms with van der Waals surface area (Å²) in [4.78, 5) is 17.4. The molecule has 1 saturated heterocycles. The molecule has 132 valence electrons. The van der Waals surface area contributed by atoms with Gasteiger partial charge in [-0.15, -0.1) is 0 Å². The monoisotopic (exact) mass is 390 g/mol. The largest absolute Gasteiger partial charge is 0.470 e. The van der Waals surface area contributed by atoms with Crippen LogP contribution in [0.4, 0.5) is 13.2 Å². The Labute approximate surface area is 151 Å². The van der Waals surface area contributed by atoms with Crippen LogP contribution < -0.4 is 4.74 Å². The summed E-state index contributed by atoms with van der Waals surface area (Å²) in [5.74, 6) is -0.824. The molecule has 3 rings (SSSR count). The lowest BCUT2D eigenvalue weighted by atomic mass is 10.1. The summed E-state index contributed by atoms with van der Waals surface area (Å²) in [7, 11) is 0. The van der Waals surface area contributed by atoms with Crippen LogP contribution in [-0.2, 0) is 6.18 Å². The molecule has 0 radical (unpaired) electrons. The number of aromatic nitrogens is 1. The Bertz CT molecular complexity index is 808. The lowest BCUT2D eigenvalue weighted by molar-refractivity contribution is -0.140. The molecule has 2 aromatic rings. The number of likely N-dealkylation sites (tertiary alicyclic amines) is 1. The molecule has 1 amide bonds. The second kappa shape index (κ2) is 6.72. The van der Waals surface area contributed by atoms with E-state index in [1.807, 2.05) is 0 Å². The van der Waals surface area contributed by atoms with Crippen molar-refractivity contribution < 1.29 is 22.7 Å². The zero-order valence-electron chi connectivity index (χ0n) is 12.6. The number of amides is 1. The van der Waals surface area contributed by atoms with Gasteiger partial charge in [-0.3, -0.25) is 4.79 Å². The molecule has 9 heteroatoms. The van der Waals surface area contributed by atoms with Crippen LogP contribution >= 0.6 is 23.2 Å². The number of hydrogen-bond acceptors (Lipinski definition) is 3. The Kier molecular flexibility index (Phi) is 4.79. The molecular weight excluding hydrogens is 380 g/mol. The average molecular weight is 391 g/mol. The van der Waals surface area contributed by atoms with Crippen LogP contribution in [0.15, 0.2) is 36.5 Å². The van der Waals surface area contributed by atoms with E-state index in [2.05, 4.69) is 4.98 Å². The predicted octanol–water partition coefficient (Wildman–Crippen LogP) is 4.31. The number of halogens is 5. The zero-order chi connectivity index (χ0) is 18.2. The van der Waals surface area contributed by atoms with E-state index in [-0.39, 0.29) is 29.6 Å². The quantitative estimate of drug-likeness (QED) is 0.783. The summed E-state index contributed by atoms with van der Waals surface area (Å²) in [6, 6.07) is 6.58. The first kappa shape index (κ1) is 17.8. The summed E-state index contributed by atoms with van der Waals surface area (Å²) >= 11 is 11.8. The predicted molar refractivity (Wildman–Crippen MR) is 86.0 cm³/mol. The van der Waals surface area contributed by atoms with E-state index in [0.717, 1.165) is 6.07 Å². The Morgan fingerprint density at radius 2 is 1.96 bits per heavy atom. The maximum Gasteiger partial charge on any atom is 0.421 e. The molecule has 0 aliphatic carbocycles. The molecule has 1 aliphatic rings. The number of alkyl halides is 3. The van der Waals surface area contributed by atoms with E-state index in [9.17, 15) is 18.0 Å². The molecule has 0 N–H and O–H groups in total. The molecule has 1 aromatic carbocycles. The fraction of sp³-hybridized carbons (Fsp3) is 0.250. The number of carbonyl (C=O) groups is 1. The first-order valence-corrected chi connectivity index (χ1v) is 7.94. The summed E-state index contributed by atoms with van der Waals surface area (Å²) in [5, 5.41) is 0.618. The number of ether oxygens (including phenoxy) is 1. The maximum atomic E-state index is 12.9. The van der Waals surface area contributed by atoms with E-state index < -0.39 is 23.7 Å². The van der Waals surface area contributed by atoms with Crippen molar-refractivity contribution in [2.24, 2.45) is 0 Å². The normalized spacial score (nSPS) is 15.0. The van der Waals surface area contributed by atoms with Crippen molar-refractivity contribution >= 4 is 29.1 Å². The highest BCUT2D eigenvalue weighted by Crippen LogP contribution is 2.35. The average Bonchev–Trinajstić information content (AvgIpc) is 2.49. The Hall–Kier alpha value is -1.99. The Morgan fingerprint density at radius 1 is 1.24 bits per heavy atom. The summed E-state index contributed by atoms with van der Waals surface area (Å²) < 4.78 is 44.0. The third-order valence-electron chi connectivity index (χ3n) is 3.65. The highest BCUT2D eigenvalue weighted by molar-refractivity contribution is 6.36. The molecule has 25 heavy (non-hydrogen) atoms. The van der Waals surface area contributed by atoms with E-state index in [1.54, 1.807) is 0 Å². The van der Waals surface area contributed by atoms with Gasteiger partial charge in [-0.25, -0.2) is 4.98 Å². The molecule has 0 unspecified atom stereocenters. The van der Waals surface area contributed by atoms with Crippen LogP contribution in [0.5, 0.6) is 5.88 Å². The number of nitrogens with zero attached hydrogens (tertiary/aromatic N) is 2. The van der Waals surface area contributed by atoms with Crippen molar-refractivity contribution in [1.29, 1.82) is 0 Å². The highest BCUT2D eigenvalue weighted by atomic mass is 35.5. The second-order valence-electron chi connectivity index (χ2n) is 5.43. The van der Waals surface area contributed by atoms with Crippen LogP contribution in [0, 0.1) is 0 Å². The van der Waals surface area contributed by atoms with Crippen LogP contribution in [0.1, 0.15) is 15.9 Å². The molecule has 2 heterocycles. The summed E-state index contributed by atoms with van der Waals surface area (Å²) in [5.41, 5.74) is -0.668. The van der Waals surface area contributed by atoms with Crippen LogP contribution in [0.2, 0.25) is 10.0 Å². The van der Waals surface area contributed by atoms with Gasteiger partial charge in [0, 0.05) is 11.2 Å². The Balaban J connectivity index is 1.65. The topological polar surface area (TPSA) is 42.4 Å². The zero-order valence-corrected chi connectivity index (χ0v) is 14.1. The lowest BCUT2D eigenvalue weighted by Gasteiger charge is -2.39. The molecule has 1 aromatic heterocycles. The van der Waals surface area contributed by atoms with Gasteiger partial charge >= 0.3 is 6.18 Å². The fourth-order valence-electron chi connectivity index (χ4n) is 2.37. The summed E-state index contributed by atoms with van der Waals surface area (Å²) in [6.07, 6.45) is -3.90. The van der Waals surface area contributed by atoms with Gasteiger partial charge in [0.25, 0.3) is 5.91 Å². The van der Waals surface area contributed by atoms with E-state index in [1.165, 1.54) is 35.4 Å². The molecule has 0 atom stereocenters. The maximum absolute atomic E-state index is 12.9. The van der Waals surface area contributed by atoms with E-state index in [0.29, 0.717) is 5.02 Å². The number of pyridine rings is 1. The van der Waals surface area contributed by atoms with E-state index >= 15 is 0 Å². The lowest BCUT2D eigenvalue weighted by Crippen LogP contribution is -2.56. The van der Waals surface area contributed by atoms with Gasteiger partial charge in [0.15, 0.2) is 0 Å². The van der Waals surface area contributed by atoms with Crippen molar-refractivity contribution in [3.63, 3.8) is 0 Å². The Morgan fingerprint density at radius 3 is 2.60 bits per heavy atom. The van der Waals surface area contributed by atoms with Crippen molar-refractivity contribution in [3.8, 4) is 5.88 Å². The highest BCUT2D eigenvalue weighted by Gasteiger charge is 2.38. The van der Waals surface area contributed by atoms with Gasteiger partial charge in [-0.1, -0.05) is 23.2 Å². The molecular formula is C16H11Cl2F3N2O2. The van der Waals surface area contributed by atoms with Crippen LogP contribution in [-0.4, -0.2) is 35.0 Å². The number of carbonyl (C=O) groups excluding carboxylic acids is 1. The molecule has 1 aliphatic heterocycles. The van der Waals surface area contributed by atoms with Crippen LogP contribution in [0.3, 0.4) is 0 Å². The van der Waals surface area contributed by atoms with Gasteiger partial charge in [0.05, 0.1) is 23.7 Å². The minimum atomic E-state index is -4.56. The third kappa shape index (κ3) is 3.82. The number of benzene rings is 1. The molecule has 1 fully saturated rings. The van der Waals surface area contributed by atoms with Crippen molar-refractivity contribution in [1.82, 2.24) is 9.88 Å². The van der Waals surface area contributed by atoms with Gasteiger partial charge in [-0.05, 0) is 30.3 Å². The molecule has 0 saturated carbocycles. The number of hydrogen-bond donors (Lipinski definition) is 0. The van der Waals surface area contributed by atoms with Gasteiger partial charge in [0.1, 0.15) is 11.7 Å². The first-order valence-electron chi connectivity index (χ1n) is 7.19. The minimum Gasteiger partial charge on any atom is -0.470 e.